The van der Waals surface area contributed by atoms with Crippen LogP contribution in [0.4, 0.5) is 5.82 Å². The summed E-state index contributed by atoms with van der Waals surface area (Å²) in [4.78, 5) is 8.69. The molecule has 20 heavy (non-hydrogen) atoms. The van der Waals surface area contributed by atoms with Crippen LogP contribution in [-0.4, -0.2) is 28.1 Å². The van der Waals surface area contributed by atoms with Gasteiger partial charge in [-0.2, -0.15) is 0 Å². The zero-order valence-corrected chi connectivity index (χ0v) is 12.7. The molecule has 0 saturated carbocycles. The minimum atomic E-state index is 0.181. The third-order valence-electron chi connectivity index (χ3n) is 3.02. The normalized spacial score (nSPS) is 16.8. The van der Waals surface area contributed by atoms with E-state index in [-0.39, 0.29) is 6.10 Å². The smallest absolute Gasteiger partial charge is 0.190 e. The number of rotatable bonds is 4. The fourth-order valence-corrected chi connectivity index (χ4v) is 3.43. The molecule has 1 aromatic heterocycles. The largest absolute Gasteiger partial charge is 0.489 e. The first-order valence-corrected chi connectivity index (χ1v) is 8.51. The van der Waals surface area contributed by atoms with E-state index in [0.29, 0.717) is 11.0 Å². The Balaban J connectivity index is 1.63. The number of anilines is 1. The lowest BCUT2D eigenvalue weighted by atomic mass is 10.1. The summed E-state index contributed by atoms with van der Waals surface area (Å²) in [5, 5.41) is 1.62. The number of nitrogens with two attached hydrogens (primary N) is 1. The molecule has 0 aliphatic carbocycles. The van der Waals surface area contributed by atoms with Crippen molar-refractivity contribution >= 4 is 29.3 Å². The number of fused-ring (bicyclic) bond motifs is 1. The molecule has 1 unspecified atom stereocenters. The summed E-state index contributed by atoms with van der Waals surface area (Å²) in [6.07, 6.45) is 3.11. The van der Waals surface area contributed by atoms with E-state index in [4.69, 9.17) is 10.5 Å². The number of aromatic nitrogens is 2. The predicted molar refractivity (Wildman–Crippen MR) is 83.5 cm³/mol. The molecule has 1 atom stereocenters. The van der Waals surface area contributed by atoms with Crippen molar-refractivity contribution in [2.45, 2.75) is 22.7 Å². The molecule has 0 amide bonds. The van der Waals surface area contributed by atoms with Crippen molar-refractivity contribution in [2.75, 3.05) is 17.7 Å². The van der Waals surface area contributed by atoms with Gasteiger partial charge in [0.15, 0.2) is 5.16 Å². The van der Waals surface area contributed by atoms with Gasteiger partial charge in [-0.05, 0) is 17.9 Å². The maximum atomic E-state index is 5.90. The van der Waals surface area contributed by atoms with E-state index < -0.39 is 0 Å². The molecule has 0 saturated heterocycles. The monoisotopic (exact) mass is 305 g/mol. The Morgan fingerprint density at radius 3 is 3.00 bits per heavy atom. The minimum absolute atomic E-state index is 0.181. The van der Waals surface area contributed by atoms with E-state index in [2.05, 4.69) is 16.0 Å². The van der Waals surface area contributed by atoms with Gasteiger partial charge in [0.1, 0.15) is 22.7 Å². The van der Waals surface area contributed by atoms with Crippen molar-refractivity contribution < 1.29 is 4.74 Å². The first-order valence-electron chi connectivity index (χ1n) is 6.30. The number of nitrogens with zero attached hydrogens (tertiary/aromatic N) is 2. The zero-order valence-electron chi connectivity index (χ0n) is 11.1. The van der Waals surface area contributed by atoms with Gasteiger partial charge in [-0.25, -0.2) is 9.97 Å². The molecule has 3 rings (SSSR count). The Kier molecular flexibility index (Phi) is 4.03. The molecule has 0 radical (unpaired) electrons. The lowest BCUT2D eigenvalue weighted by molar-refractivity contribution is 0.259. The zero-order chi connectivity index (χ0) is 13.9. The summed E-state index contributed by atoms with van der Waals surface area (Å²) in [6.45, 7) is 0. The van der Waals surface area contributed by atoms with Crippen LogP contribution in [0.5, 0.6) is 5.75 Å². The number of hydrogen-bond acceptors (Lipinski definition) is 6. The van der Waals surface area contributed by atoms with Gasteiger partial charge in [0.25, 0.3) is 0 Å². The van der Waals surface area contributed by atoms with E-state index in [1.807, 2.05) is 24.5 Å². The standard InChI is InChI=1S/C14H15N3OS2/c1-19-13-7-12(15)16-14(17-13)20-8-10-6-9-4-2-3-5-11(9)18-10/h2-5,7,10H,6,8H2,1H3,(H2,15,16,17). The lowest BCUT2D eigenvalue weighted by Gasteiger charge is -2.10. The molecule has 2 N–H and O–H groups in total. The highest BCUT2D eigenvalue weighted by atomic mass is 32.2. The maximum absolute atomic E-state index is 5.90. The summed E-state index contributed by atoms with van der Waals surface area (Å²) < 4.78 is 5.90. The molecule has 4 nitrogen and oxygen atoms in total. The Bertz CT molecular complexity index is 596. The lowest BCUT2D eigenvalue weighted by Crippen LogP contribution is -2.16. The van der Waals surface area contributed by atoms with E-state index in [1.165, 1.54) is 5.56 Å². The quantitative estimate of drug-likeness (QED) is 0.532. The van der Waals surface area contributed by atoms with Crippen LogP contribution in [0.25, 0.3) is 0 Å². The highest BCUT2D eigenvalue weighted by Gasteiger charge is 2.22. The van der Waals surface area contributed by atoms with E-state index in [0.717, 1.165) is 22.9 Å². The molecule has 1 aromatic carbocycles. The van der Waals surface area contributed by atoms with Crippen molar-refractivity contribution in [2.24, 2.45) is 0 Å². The highest BCUT2D eigenvalue weighted by molar-refractivity contribution is 7.99. The third-order valence-corrected chi connectivity index (χ3v) is 4.63. The van der Waals surface area contributed by atoms with Gasteiger partial charge in [-0.1, -0.05) is 30.0 Å². The average Bonchev–Trinajstić information content (AvgIpc) is 2.87. The van der Waals surface area contributed by atoms with Gasteiger partial charge in [0, 0.05) is 18.2 Å². The number of hydrogen-bond donors (Lipinski definition) is 1. The van der Waals surface area contributed by atoms with Crippen LogP contribution >= 0.6 is 23.5 Å². The van der Waals surface area contributed by atoms with E-state index >= 15 is 0 Å². The Morgan fingerprint density at radius 1 is 1.35 bits per heavy atom. The van der Waals surface area contributed by atoms with Gasteiger partial charge in [-0.3, -0.25) is 0 Å². The fraction of sp³-hybridized carbons (Fsp3) is 0.286. The molecule has 0 fully saturated rings. The second kappa shape index (κ2) is 5.93. The summed E-state index contributed by atoms with van der Waals surface area (Å²) in [7, 11) is 0. The van der Waals surface area contributed by atoms with Gasteiger partial charge in [-0.15, -0.1) is 11.8 Å². The summed E-state index contributed by atoms with van der Waals surface area (Å²) in [5.74, 6) is 2.34. The van der Waals surface area contributed by atoms with Gasteiger partial charge >= 0.3 is 0 Å². The van der Waals surface area contributed by atoms with Crippen molar-refractivity contribution in [1.82, 2.24) is 9.97 Å². The molecular weight excluding hydrogens is 290 g/mol. The van der Waals surface area contributed by atoms with Gasteiger partial charge in [0.05, 0.1) is 0 Å². The van der Waals surface area contributed by atoms with Crippen LogP contribution in [0.3, 0.4) is 0 Å². The molecular formula is C14H15N3OS2. The highest BCUT2D eigenvalue weighted by Crippen LogP contribution is 2.31. The van der Waals surface area contributed by atoms with Crippen molar-refractivity contribution in [3.63, 3.8) is 0 Å². The van der Waals surface area contributed by atoms with Crippen molar-refractivity contribution in [3.8, 4) is 5.75 Å². The van der Waals surface area contributed by atoms with Crippen LogP contribution in [0.1, 0.15) is 5.56 Å². The molecule has 2 aromatic rings. The minimum Gasteiger partial charge on any atom is -0.489 e. The number of nitrogen functional groups attached to an aromatic ring is 1. The van der Waals surface area contributed by atoms with Crippen LogP contribution in [0.15, 0.2) is 40.5 Å². The molecule has 0 bridgehead atoms. The number of ether oxygens (including phenoxy) is 1. The molecule has 6 heteroatoms. The predicted octanol–water partition coefficient (Wildman–Crippen LogP) is 2.88. The SMILES string of the molecule is CSc1cc(N)nc(SCC2Cc3ccccc3O2)n1. The summed E-state index contributed by atoms with van der Waals surface area (Å²) >= 11 is 3.16. The van der Waals surface area contributed by atoms with Gasteiger partial charge < -0.3 is 10.5 Å². The Hall–Kier alpha value is -1.40. The van der Waals surface area contributed by atoms with Crippen LogP contribution in [0, 0.1) is 0 Å². The van der Waals surface area contributed by atoms with Crippen molar-refractivity contribution in [1.29, 1.82) is 0 Å². The van der Waals surface area contributed by atoms with Crippen LogP contribution in [-0.2, 0) is 6.42 Å². The first kappa shape index (κ1) is 13.6. The van der Waals surface area contributed by atoms with Crippen LogP contribution < -0.4 is 10.5 Å². The second-order valence-corrected chi connectivity index (χ2v) is 6.29. The molecule has 2 heterocycles. The Morgan fingerprint density at radius 2 is 2.20 bits per heavy atom. The van der Waals surface area contributed by atoms with E-state index in [1.54, 1.807) is 29.6 Å². The van der Waals surface area contributed by atoms with Gasteiger partial charge in [0.2, 0.25) is 0 Å². The summed E-state index contributed by atoms with van der Waals surface area (Å²) in [5.41, 5.74) is 7.05. The second-order valence-electron chi connectivity index (χ2n) is 4.48. The molecule has 0 spiro atoms. The number of benzene rings is 1. The summed E-state index contributed by atoms with van der Waals surface area (Å²) in [6, 6.07) is 9.96. The topological polar surface area (TPSA) is 61.0 Å². The fourth-order valence-electron chi connectivity index (χ4n) is 2.10. The number of thioether (sulfide) groups is 2. The Labute approximate surface area is 126 Å². The third kappa shape index (κ3) is 3.02. The molecule has 1 aliphatic rings. The number of para-hydroxylation sites is 1. The first-order chi connectivity index (χ1) is 9.74. The van der Waals surface area contributed by atoms with Crippen LogP contribution in [0.2, 0.25) is 0 Å². The average molecular weight is 305 g/mol. The van der Waals surface area contributed by atoms with Crippen molar-refractivity contribution in [3.05, 3.63) is 35.9 Å². The maximum Gasteiger partial charge on any atom is 0.190 e. The molecule has 1 aliphatic heterocycles. The van der Waals surface area contributed by atoms with E-state index in [9.17, 15) is 0 Å². The molecule has 104 valence electrons.